The number of hydrogen-bond acceptors (Lipinski definition) is 3. The minimum atomic E-state index is -3.88. The molecule has 27 heavy (non-hydrogen) atoms. The summed E-state index contributed by atoms with van der Waals surface area (Å²) in [6.45, 7) is 0. The van der Waals surface area contributed by atoms with Gasteiger partial charge in [0.25, 0.3) is 0 Å². The number of rotatable bonds is 4. The Bertz CT molecular complexity index is 1110. The number of nitrogens with two attached hydrogens (primary N) is 1. The molecule has 0 unspecified atom stereocenters. The molecule has 0 saturated carbocycles. The van der Waals surface area contributed by atoms with Gasteiger partial charge in [0.15, 0.2) is 23.2 Å². The molecule has 0 atom stereocenters. The third kappa shape index (κ3) is 3.81. The maximum atomic E-state index is 13.9. The van der Waals surface area contributed by atoms with Gasteiger partial charge in [-0.3, -0.25) is 0 Å². The zero-order chi connectivity index (χ0) is 19.8. The van der Waals surface area contributed by atoms with Crippen LogP contribution in [0.1, 0.15) is 0 Å². The number of primary sulfonamides is 1. The van der Waals surface area contributed by atoms with Crippen LogP contribution in [0.2, 0.25) is 0 Å². The standard InChI is InChI=1S/C19H14F3NO3S/c1-26-19-8-12(4-7-16(19)20)15-10-18(22)17(21)9-14(15)11-2-5-13(6-3-11)27(23,24)25/h2-10H,1H3,(H2,23,24,25). The number of sulfonamides is 1. The summed E-state index contributed by atoms with van der Waals surface area (Å²) in [7, 11) is -2.59. The Labute approximate surface area is 154 Å². The van der Waals surface area contributed by atoms with Crippen molar-refractivity contribution in [2.75, 3.05) is 7.11 Å². The van der Waals surface area contributed by atoms with Crippen molar-refractivity contribution in [1.29, 1.82) is 0 Å². The lowest BCUT2D eigenvalue weighted by atomic mass is 9.94. The first kappa shape index (κ1) is 18.9. The second-order valence-electron chi connectivity index (χ2n) is 5.73. The molecule has 0 saturated heterocycles. The molecule has 3 rings (SSSR count). The molecular formula is C19H14F3NO3S. The average Bonchev–Trinajstić information content (AvgIpc) is 2.63. The number of halogens is 3. The van der Waals surface area contributed by atoms with E-state index >= 15 is 0 Å². The van der Waals surface area contributed by atoms with Crippen LogP contribution in [0, 0.1) is 17.5 Å². The average molecular weight is 393 g/mol. The first-order chi connectivity index (χ1) is 12.7. The van der Waals surface area contributed by atoms with Gasteiger partial charge in [0.2, 0.25) is 10.0 Å². The highest BCUT2D eigenvalue weighted by molar-refractivity contribution is 7.89. The molecule has 8 heteroatoms. The predicted molar refractivity (Wildman–Crippen MR) is 95.1 cm³/mol. The molecular weight excluding hydrogens is 379 g/mol. The molecule has 2 N–H and O–H groups in total. The monoisotopic (exact) mass is 393 g/mol. The Balaban J connectivity index is 2.20. The Morgan fingerprint density at radius 3 is 1.81 bits per heavy atom. The molecule has 0 bridgehead atoms. The second-order valence-corrected chi connectivity index (χ2v) is 7.29. The highest BCUT2D eigenvalue weighted by Gasteiger charge is 2.16. The van der Waals surface area contributed by atoms with Crippen LogP contribution in [0.4, 0.5) is 13.2 Å². The van der Waals surface area contributed by atoms with E-state index in [9.17, 15) is 21.6 Å². The maximum Gasteiger partial charge on any atom is 0.238 e. The highest BCUT2D eigenvalue weighted by Crippen LogP contribution is 2.36. The highest BCUT2D eigenvalue weighted by atomic mass is 32.2. The Morgan fingerprint density at radius 1 is 0.778 bits per heavy atom. The Hall–Kier alpha value is -2.84. The summed E-state index contributed by atoms with van der Waals surface area (Å²) in [5, 5.41) is 5.07. The summed E-state index contributed by atoms with van der Waals surface area (Å²) in [6.07, 6.45) is 0. The SMILES string of the molecule is COc1cc(-c2cc(F)c(F)cc2-c2ccc(S(N)(=O)=O)cc2)ccc1F. The molecule has 0 fully saturated rings. The molecule has 3 aromatic rings. The minimum Gasteiger partial charge on any atom is -0.494 e. The molecule has 0 aliphatic heterocycles. The third-order valence-corrected chi connectivity index (χ3v) is 4.95. The van der Waals surface area contributed by atoms with Crippen molar-refractivity contribution in [1.82, 2.24) is 0 Å². The summed E-state index contributed by atoms with van der Waals surface area (Å²) in [4.78, 5) is -0.112. The van der Waals surface area contributed by atoms with Gasteiger partial charge in [-0.05, 0) is 58.7 Å². The minimum absolute atomic E-state index is 0.0484. The largest absolute Gasteiger partial charge is 0.494 e. The fraction of sp³-hybridized carbons (Fsp3) is 0.0526. The van der Waals surface area contributed by atoms with E-state index in [2.05, 4.69) is 0 Å². The summed E-state index contributed by atoms with van der Waals surface area (Å²) >= 11 is 0. The number of ether oxygens (including phenoxy) is 1. The molecule has 4 nitrogen and oxygen atoms in total. The predicted octanol–water partition coefficient (Wildman–Crippen LogP) is 4.09. The van der Waals surface area contributed by atoms with Crippen molar-refractivity contribution in [3.05, 3.63) is 72.0 Å². The van der Waals surface area contributed by atoms with Gasteiger partial charge in [0.1, 0.15) is 0 Å². The number of methoxy groups -OCH3 is 1. The van der Waals surface area contributed by atoms with Crippen LogP contribution in [0.25, 0.3) is 22.3 Å². The molecule has 0 radical (unpaired) electrons. The molecule has 0 amide bonds. The van der Waals surface area contributed by atoms with Crippen LogP contribution >= 0.6 is 0 Å². The fourth-order valence-electron chi connectivity index (χ4n) is 2.68. The molecule has 140 valence electrons. The van der Waals surface area contributed by atoms with E-state index in [4.69, 9.17) is 9.88 Å². The summed E-state index contributed by atoms with van der Waals surface area (Å²) in [6, 6.07) is 11.3. The Morgan fingerprint density at radius 2 is 1.30 bits per heavy atom. The molecule has 3 aromatic carbocycles. The van der Waals surface area contributed by atoms with E-state index in [1.807, 2.05) is 0 Å². The normalized spacial score (nSPS) is 11.4. The topological polar surface area (TPSA) is 69.4 Å². The summed E-state index contributed by atoms with van der Waals surface area (Å²) < 4.78 is 69.1. The lowest BCUT2D eigenvalue weighted by Gasteiger charge is -2.13. The van der Waals surface area contributed by atoms with E-state index in [1.165, 1.54) is 43.5 Å². The first-order valence-electron chi connectivity index (χ1n) is 7.67. The lowest BCUT2D eigenvalue weighted by Crippen LogP contribution is -2.11. The molecule has 0 aromatic heterocycles. The first-order valence-corrected chi connectivity index (χ1v) is 9.21. The van der Waals surface area contributed by atoms with Gasteiger partial charge in [-0.15, -0.1) is 0 Å². The van der Waals surface area contributed by atoms with Crippen LogP contribution in [0.3, 0.4) is 0 Å². The summed E-state index contributed by atoms with van der Waals surface area (Å²) in [5.74, 6) is -2.79. The zero-order valence-electron chi connectivity index (χ0n) is 14.0. The van der Waals surface area contributed by atoms with Crippen molar-refractivity contribution in [3.63, 3.8) is 0 Å². The Kier molecular flexibility index (Phi) is 4.95. The third-order valence-electron chi connectivity index (χ3n) is 4.02. The van der Waals surface area contributed by atoms with Crippen LogP contribution in [0.5, 0.6) is 5.75 Å². The number of hydrogen-bond donors (Lipinski definition) is 1. The smallest absolute Gasteiger partial charge is 0.238 e. The van der Waals surface area contributed by atoms with Crippen molar-refractivity contribution in [3.8, 4) is 28.0 Å². The van der Waals surface area contributed by atoms with Gasteiger partial charge in [-0.2, -0.15) is 0 Å². The quantitative estimate of drug-likeness (QED) is 0.726. The van der Waals surface area contributed by atoms with E-state index in [0.29, 0.717) is 16.7 Å². The van der Waals surface area contributed by atoms with E-state index in [1.54, 1.807) is 0 Å². The molecule has 0 aliphatic carbocycles. The lowest BCUT2D eigenvalue weighted by molar-refractivity contribution is 0.387. The fourth-order valence-corrected chi connectivity index (χ4v) is 3.19. The summed E-state index contributed by atoms with van der Waals surface area (Å²) in [5.41, 5.74) is 1.41. The van der Waals surface area contributed by atoms with E-state index in [-0.39, 0.29) is 16.2 Å². The van der Waals surface area contributed by atoms with E-state index < -0.39 is 27.5 Å². The zero-order valence-corrected chi connectivity index (χ0v) is 14.9. The van der Waals surface area contributed by atoms with Gasteiger partial charge >= 0.3 is 0 Å². The van der Waals surface area contributed by atoms with Gasteiger partial charge in [0, 0.05) is 0 Å². The van der Waals surface area contributed by atoms with Gasteiger partial charge in [0.05, 0.1) is 12.0 Å². The van der Waals surface area contributed by atoms with Gasteiger partial charge in [-0.25, -0.2) is 26.7 Å². The van der Waals surface area contributed by atoms with Gasteiger partial charge < -0.3 is 4.74 Å². The van der Waals surface area contributed by atoms with Crippen molar-refractivity contribution >= 4 is 10.0 Å². The second kappa shape index (κ2) is 7.05. The van der Waals surface area contributed by atoms with Crippen LogP contribution in [0.15, 0.2) is 59.5 Å². The van der Waals surface area contributed by atoms with Crippen LogP contribution in [-0.2, 0) is 10.0 Å². The van der Waals surface area contributed by atoms with Crippen LogP contribution < -0.4 is 9.88 Å². The van der Waals surface area contributed by atoms with Crippen LogP contribution in [-0.4, -0.2) is 15.5 Å². The van der Waals surface area contributed by atoms with Crippen molar-refractivity contribution < 1.29 is 26.3 Å². The molecule has 0 heterocycles. The van der Waals surface area contributed by atoms with Gasteiger partial charge in [-0.1, -0.05) is 18.2 Å². The number of benzene rings is 3. The van der Waals surface area contributed by atoms with Crippen molar-refractivity contribution in [2.45, 2.75) is 4.90 Å². The molecule has 0 aliphatic rings. The van der Waals surface area contributed by atoms with E-state index in [0.717, 1.165) is 18.2 Å². The van der Waals surface area contributed by atoms with Crippen molar-refractivity contribution in [2.24, 2.45) is 5.14 Å². The molecule has 0 spiro atoms. The maximum absolute atomic E-state index is 13.9.